The number of carbonyl (C=O) groups is 2. The van der Waals surface area contributed by atoms with E-state index in [4.69, 9.17) is 5.11 Å². The molecule has 1 aromatic carbocycles. The molecule has 1 saturated heterocycles. The molecule has 5 nitrogen and oxygen atoms in total. The van der Waals surface area contributed by atoms with E-state index >= 15 is 0 Å². The van der Waals surface area contributed by atoms with Crippen molar-refractivity contribution in [2.75, 3.05) is 19.6 Å². The van der Waals surface area contributed by atoms with E-state index in [9.17, 15) is 9.59 Å². The standard InChI is InChI=1S/C14H18N2O3/c17-13-5-7-16(8-6-15-13)10-12-3-1-11(2-4-12)9-14(18)19/h1-4H,5-10H2,(H,15,17)(H,18,19). The molecule has 1 heterocycles. The highest BCUT2D eigenvalue weighted by Crippen LogP contribution is 2.09. The third-order valence-corrected chi connectivity index (χ3v) is 3.19. The van der Waals surface area contributed by atoms with Gasteiger partial charge in [0.2, 0.25) is 5.91 Å². The fourth-order valence-corrected chi connectivity index (χ4v) is 2.17. The van der Waals surface area contributed by atoms with Crippen molar-refractivity contribution in [2.45, 2.75) is 19.4 Å². The first-order valence-electron chi connectivity index (χ1n) is 6.42. The van der Waals surface area contributed by atoms with Gasteiger partial charge in [-0.1, -0.05) is 24.3 Å². The molecule has 2 rings (SSSR count). The summed E-state index contributed by atoms with van der Waals surface area (Å²) in [4.78, 5) is 24.1. The molecule has 1 fully saturated rings. The lowest BCUT2D eigenvalue weighted by molar-refractivity contribution is -0.136. The topological polar surface area (TPSA) is 69.6 Å². The molecule has 0 saturated carbocycles. The van der Waals surface area contributed by atoms with Gasteiger partial charge in [0.1, 0.15) is 0 Å². The number of hydrogen-bond acceptors (Lipinski definition) is 3. The fourth-order valence-electron chi connectivity index (χ4n) is 2.17. The van der Waals surface area contributed by atoms with E-state index < -0.39 is 5.97 Å². The normalized spacial score (nSPS) is 16.7. The van der Waals surface area contributed by atoms with Crippen molar-refractivity contribution in [3.05, 3.63) is 35.4 Å². The van der Waals surface area contributed by atoms with Crippen LogP contribution in [0.1, 0.15) is 17.5 Å². The average molecular weight is 262 g/mol. The van der Waals surface area contributed by atoms with Gasteiger partial charge in [-0.2, -0.15) is 0 Å². The van der Waals surface area contributed by atoms with E-state index in [2.05, 4.69) is 10.2 Å². The molecular weight excluding hydrogens is 244 g/mol. The zero-order valence-electron chi connectivity index (χ0n) is 10.8. The molecule has 1 aromatic rings. The molecule has 0 aromatic heterocycles. The van der Waals surface area contributed by atoms with Crippen LogP contribution in [0, 0.1) is 0 Å². The van der Waals surface area contributed by atoms with Crippen molar-refractivity contribution < 1.29 is 14.7 Å². The van der Waals surface area contributed by atoms with E-state index in [1.165, 1.54) is 0 Å². The van der Waals surface area contributed by atoms with Crippen LogP contribution in [-0.2, 0) is 22.6 Å². The minimum Gasteiger partial charge on any atom is -0.481 e. The number of carboxylic acids is 1. The number of hydrogen-bond donors (Lipinski definition) is 2. The monoisotopic (exact) mass is 262 g/mol. The van der Waals surface area contributed by atoms with Gasteiger partial charge in [-0.3, -0.25) is 14.5 Å². The maximum atomic E-state index is 11.2. The number of benzene rings is 1. The van der Waals surface area contributed by atoms with Crippen molar-refractivity contribution in [3.63, 3.8) is 0 Å². The van der Waals surface area contributed by atoms with Crippen LogP contribution in [0.5, 0.6) is 0 Å². The number of aliphatic carboxylic acids is 1. The van der Waals surface area contributed by atoms with E-state index in [1.54, 1.807) is 0 Å². The van der Waals surface area contributed by atoms with Crippen LogP contribution in [-0.4, -0.2) is 41.5 Å². The van der Waals surface area contributed by atoms with Crippen LogP contribution in [0.15, 0.2) is 24.3 Å². The van der Waals surface area contributed by atoms with E-state index in [0.717, 1.165) is 30.8 Å². The quantitative estimate of drug-likeness (QED) is 0.835. The lowest BCUT2D eigenvalue weighted by atomic mass is 10.1. The maximum Gasteiger partial charge on any atom is 0.307 e. The molecule has 0 bridgehead atoms. The lowest BCUT2D eigenvalue weighted by Gasteiger charge is -2.19. The fraction of sp³-hybridized carbons (Fsp3) is 0.429. The van der Waals surface area contributed by atoms with Crippen LogP contribution in [0.2, 0.25) is 0 Å². The second-order valence-electron chi connectivity index (χ2n) is 4.76. The number of rotatable bonds is 4. The highest BCUT2D eigenvalue weighted by Gasteiger charge is 2.13. The van der Waals surface area contributed by atoms with Crippen molar-refractivity contribution in [2.24, 2.45) is 0 Å². The molecule has 0 aliphatic carbocycles. The zero-order chi connectivity index (χ0) is 13.7. The molecule has 102 valence electrons. The number of amides is 1. The molecule has 0 atom stereocenters. The molecule has 19 heavy (non-hydrogen) atoms. The third-order valence-electron chi connectivity index (χ3n) is 3.19. The predicted molar refractivity (Wildman–Crippen MR) is 70.7 cm³/mol. The van der Waals surface area contributed by atoms with E-state index in [-0.39, 0.29) is 12.3 Å². The second kappa shape index (κ2) is 6.33. The summed E-state index contributed by atoms with van der Waals surface area (Å²) in [5, 5.41) is 11.6. The zero-order valence-corrected chi connectivity index (χ0v) is 10.8. The van der Waals surface area contributed by atoms with Crippen LogP contribution >= 0.6 is 0 Å². The van der Waals surface area contributed by atoms with Crippen molar-refractivity contribution >= 4 is 11.9 Å². The van der Waals surface area contributed by atoms with E-state index in [1.807, 2.05) is 24.3 Å². The van der Waals surface area contributed by atoms with Gasteiger partial charge in [0.25, 0.3) is 0 Å². The van der Waals surface area contributed by atoms with Gasteiger partial charge in [-0.05, 0) is 11.1 Å². The first kappa shape index (κ1) is 13.5. The third kappa shape index (κ3) is 4.37. The Morgan fingerprint density at radius 2 is 1.89 bits per heavy atom. The summed E-state index contributed by atoms with van der Waals surface area (Å²) < 4.78 is 0. The Kier molecular flexibility index (Phi) is 4.52. The maximum absolute atomic E-state index is 11.2. The van der Waals surface area contributed by atoms with Crippen LogP contribution < -0.4 is 5.32 Å². The summed E-state index contributed by atoms with van der Waals surface area (Å²) in [5.74, 6) is -0.704. The molecular formula is C14H18N2O3. The van der Waals surface area contributed by atoms with Crippen molar-refractivity contribution in [1.82, 2.24) is 10.2 Å². The smallest absolute Gasteiger partial charge is 0.307 e. The van der Waals surface area contributed by atoms with Gasteiger partial charge in [0.05, 0.1) is 6.42 Å². The number of carbonyl (C=O) groups excluding carboxylic acids is 1. The molecule has 1 amide bonds. The molecule has 0 spiro atoms. The summed E-state index contributed by atoms with van der Waals surface area (Å²) >= 11 is 0. The van der Waals surface area contributed by atoms with Crippen LogP contribution in [0.25, 0.3) is 0 Å². The predicted octanol–water partition coefficient (Wildman–Crippen LogP) is 0.636. The molecule has 5 heteroatoms. The summed E-state index contributed by atoms with van der Waals surface area (Å²) in [5.41, 5.74) is 1.95. The summed E-state index contributed by atoms with van der Waals surface area (Å²) in [7, 11) is 0. The Hall–Kier alpha value is -1.88. The summed E-state index contributed by atoms with van der Waals surface area (Å²) in [6.45, 7) is 3.10. The summed E-state index contributed by atoms with van der Waals surface area (Å²) in [6, 6.07) is 7.62. The van der Waals surface area contributed by atoms with Gasteiger partial charge in [-0.25, -0.2) is 0 Å². The first-order valence-corrected chi connectivity index (χ1v) is 6.42. The molecule has 0 unspecified atom stereocenters. The first-order chi connectivity index (χ1) is 9.13. The van der Waals surface area contributed by atoms with Gasteiger partial charge in [0, 0.05) is 32.6 Å². The Morgan fingerprint density at radius 1 is 1.21 bits per heavy atom. The Balaban J connectivity index is 1.91. The SMILES string of the molecule is O=C(O)Cc1ccc(CN2CCNC(=O)CC2)cc1. The Morgan fingerprint density at radius 3 is 2.58 bits per heavy atom. The number of nitrogens with one attached hydrogen (secondary N) is 1. The van der Waals surface area contributed by atoms with Crippen molar-refractivity contribution in [1.29, 1.82) is 0 Å². The van der Waals surface area contributed by atoms with E-state index in [0.29, 0.717) is 13.0 Å². The van der Waals surface area contributed by atoms with Crippen molar-refractivity contribution in [3.8, 4) is 0 Å². The molecule has 1 aliphatic heterocycles. The lowest BCUT2D eigenvalue weighted by Crippen LogP contribution is -2.28. The van der Waals surface area contributed by atoms with Crippen LogP contribution in [0.3, 0.4) is 0 Å². The number of carboxylic acid groups (broad SMARTS) is 1. The Bertz CT molecular complexity index is 456. The van der Waals surface area contributed by atoms with Gasteiger partial charge in [0.15, 0.2) is 0 Å². The summed E-state index contributed by atoms with van der Waals surface area (Å²) in [6.07, 6.45) is 0.597. The van der Waals surface area contributed by atoms with Gasteiger partial charge >= 0.3 is 5.97 Å². The van der Waals surface area contributed by atoms with Gasteiger partial charge < -0.3 is 10.4 Å². The second-order valence-corrected chi connectivity index (χ2v) is 4.76. The molecule has 2 N–H and O–H groups in total. The molecule has 0 radical (unpaired) electrons. The van der Waals surface area contributed by atoms with Crippen LogP contribution in [0.4, 0.5) is 0 Å². The minimum atomic E-state index is -0.815. The average Bonchev–Trinajstić information content (AvgIpc) is 2.56. The Labute approximate surface area is 112 Å². The number of nitrogens with zero attached hydrogens (tertiary/aromatic N) is 1. The largest absolute Gasteiger partial charge is 0.481 e. The molecule has 1 aliphatic rings. The minimum absolute atomic E-state index is 0.0580. The van der Waals surface area contributed by atoms with Gasteiger partial charge in [-0.15, -0.1) is 0 Å². The highest BCUT2D eigenvalue weighted by molar-refractivity contribution is 5.76. The highest BCUT2D eigenvalue weighted by atomic mass is 16.4.